The number of thiol groups is 1. The predicted molar refractivity (Wildman–Crippen MR) is 201 cm³/mol. The summed E-state index contributed by atoms with van der Waals surface area (Å²) in [6.07, 6.45) is 53.2. The highest BCUT2D eigenvalue weighted by Gasteiger charge is 1.98. The molecule has 0 aliphatic rings. The van der Waals surface area contributed by atoms with Crippen molar-refractivity contribution in [3.05, 3.63) is 0 Å². The third-order valence-electron chi connectivity index (χ3n) is 9.59. The zero-order valence-corrected chi connectivity index (χ0v) is 31.0. The lowest BCUT2D eigenvalue weighted by Crippen LogP contribution is -1.97. The normalized spacial score (nSPS) is 11.6. The first-order valence-electron chi connectivity index (χ1n) is 20.6. The molecule has 0 aromatic carbocycles. The monoisotopic (exact) mass is 625 g/mol. The lowest BCUT2D eigenvalue weighted by Gasteiger charge is -2.06. The van der Waals surface area contributed by atoms with Crippen molar-refractivity contribution in [3.8, 4) is 0 Å². The largest absolute Gasteiger partial charge is 0.381 e. The van der Waals surface area contributed by atoms with E-state index in [4.69, 9.17) is 4.74 Å². The molecule has 43 heavy (non-hydrogen) atoms. The summed E-state index contributed by atoms with van der Waals surface area (Å²) in [6.45, 7) is 4.30. The molecule has 0 amide bonds. The summed E-state index contributed by atoms with van der Waals surface area (Å²) >= 11 is 4.29. The van der Waals surface area contributed by atoms with Crippen molar-refractivity contribution >= 4 is 12.6 Å². The third-order valence-corrected chi connectivity index (χ3v) is 9.91. The Balaban J connectivity index is 3.02. The van der Waals surface area contributed by atoms with Gasteiger partial charge in [-0.1, -0.05) is 225 Å². The summed E-state index contributed by atoms with van der Waals surface area (Å²) in [4.78, 5) is 0. The summed E-state index contributed by atoms with van der Waals surface area (Å²) < 4.78 is 5.90. The van der Waals surface area contributed by atoms with Gasteiger partial charge in [-0.2, -0.15) is 12.6 Å². The van der Waals surface area contributed by atoms with Gasteiger partial charge in [-0.15, -0.1) is 0 Å². The van der Waals surface area contributed by atoms with Crippen LogP contribution in [0.15, 0.2) is 0 Å². The van der Waals surface area contributed by atoms with Crippen molar-refractivity contribution in [1.29, 1.82) is 0 Å². The van der Waals surface area contributed by atoms with Crippen LogP contribution >= 0.6 is 12.6 Å². The minimum atomic E-state index is 0.995. The Morgan fingerprint density at radius 2 is 0.442 bits per heavy atom. The second kappa shape index (κ2) is 42.3. The van der Waals surface area contributed by atoms with E-state index < -0.39 is 0 Å². The minimum Gasteiger partial charge on any atom is -0.381 e. The van der Waals surface area contributed by atoms with Crippen LogP contribution in [0.5, 0.6) is 0 Å². The molecule has 0 aliphatic heterocycles. The van der Waals surface area contributed by atoms with Gasteiger partial charge in [-0.05, 0) is 25.0 Å². The highest BCUT2D eigenvalue weighted by atomic mass is 32.1. The van der Waals surface area contributed by atoms with Gasteiger partial charge in [0.15, 0.2) is 0 Å². The van der Waals surface area contributed by atoms with Gasteiger partial charge in [0.2, 0.25) is 0 Å². The van der Waals surface area contributed by atoms with Crippen LogP contribution in [0, 0.1) is 0 Å². The van der Waals surface area contributed by atoms with E-state index >= 15 is 0 Å². The van der Waals surface area contributed by atoms with Crippen LogP contribution in [0.2, 0.25) is 0 Å². The summed E-state index contributed by atoms with van der Waals surface area (Å²) in [5.41, 5.74) is 0. The van der Waals surface area contributed by atoms with E-state index in [-0.39, 0.29) is 0 Å². The summed E-state index contributed by atoms with van der Waals surface area (Å²) in [5, 5.41) is 0. The van der Waals surface area contributed by atoms with E-state index in [1.165, 1.54) is 238 Å². The van der Waals surface area contributed by atoms with Gasteiger partial charge >= 0.3 is 0 Å². The molecule has 260 valence electrons. The van der Waals surface area contributed by atoms with E-state index in [9.17, 15) is 0 Å². The third kappa shape index (κ3) is 42.3. The second-order valence-electron chi connectivity index (χ2n) is 14.1. The molecule has 0 saturated carbocycles. The maximum absolute atomic E-state index is 5.90. The molecule has 0 bridgehead atoms. The topological polar surface area (TPSA) is 9.23 Å². The van der Waals surface area contributed by atoms with Crippen molar-refractivity contribution in [3.63, 3.8) is 0 Å². The average Bonchev–Trinajstić information content (AvgIpc) is 3.02. The van der Waals surface area contributed by atoms with Gasteiger partial charge < -0.3 is 4.74 Å². The lowest BCUT2D eigenvalue weighted by atomic mass is 10.0. The molecule has 0 saturated heterocycles. The highest BCUT2D eigenvalue weighted by Crippen LogP contribution is 2.16. The van der Waals surface area contributed by atoms with Crippen LogP contribution in [0.3, 0.4) is 0 Å². The Morgan fingerprint density at radius 1 is 0.256 bits per heavy atom. The zero-order valence-electron chi connectivity index (χ0n) is 30.1. The molecule has 0 fully saturated rings. The number of rotatable bonds is 40. The molecule has 0 N–H and O–H groups in total. The van der Waals surface area contributed by atoms with Crippen molar-refractivity contribution < 1.29 is 4.74 Å². The summed E-state index contributed by atoms with van der Waals surface area (Å²) in [6, 6.07) is 0. The summed E-state index contributed by atoms with van der Waals surface area (Å²) in [7, 11) is 0. The Kier molecular flexibility index (Phi) is 42.6. The zero-order chi connectivity index (χ0) is 31.0. The molecular weight excluding hydrogens is 541 g/mol. The Bertz CT molecular complexity index is 413. The fourth-order valence-corrected chi connectivity index (χ4v) is 6.75. The Labute approximate surface area is 280 Å². The molecule has 1 nitrogen and oxygen atoms in total. The van der Waals surface area contributed by atoms with Gasteiger partial charge in [-0.3, -0.25) is 0 Å². The fourth-order valence-electron chi connectivity index (χ4n) is 6.53. The quantitative estimate of drug-likeness (QED) is 0.0527. The van der Waals surface area contributed by atoms with Crippen LogP contribution in [0.4, 0.5) is 0 Å². The van der Waals surface area contributed by atoms with Crippen LogP contribution in [-0.4, -0.2) is 19.0 Å². The van der Waals surface area contributed by atoms with E-state index in [1.807, 2.05) is 0 Å². The minimum absolute atomic E-state index is 0.995. The average molecular weight is 625 g/mol. The second-order valence-corrected chi connectivity index (χ2v) is 14.5. The molecular formula is C41H84OS. The smallest absolute Gasteiger partial charge is 0.0466 e. The van der Waals surface area contributed by atoms with Gasteiger partial charge in [0.25, 0.3) is 0 Å². The number of unbranched alkanes of at least 4 members (excludes halogenated alkanes) is 35. The van der Waals surface area contributed by atoms with Gasteiger partial charge in [0.05, 0.1) is 0 Å². The predicted octanol–water partition coefficient (Wildman–Crippen LogP) is 15.4. The fraction of sp³-hybridized carbons (Fsp3) is 1.00. The van der Waals surface area contributed by atoms with E-state index in [2.05, 4.69) is 19.6 Å². The molecule has 0 aromatic heterocycles. The first-order chi connectivity index (χ1) is 21.4. The highest BCUT2D eigenvalue weighted by molar-refractivity contribution is 7.80. The number of hydrogen-bond acceptors (Lipinski definition) is 2. The number of ether oxygens (including phenoxy) is 1. The van der Waals surface area contributed by atoms with E-state index in [0.717, 1.165) is 19.0 Å². The molecule has 0 unspecified atom stereocenters. The first-order valence-corrected chi connectivity index (χ1v) is 21.2. The molecule has 0 atom stereocenters. The van der Waals surface area contributed by atoms with Crippen molar-refractivity contribution in [2.24, 2.45) is 0 Å². The maximum atomic E-state index is 5.90. The first kappa shape index (κ1) is 43.3. The lowest BCUT2D eigenvalue weighted by molar-refractivity contribution is 0.125. The number of hydrogen-bond donors (Lipinski definition) is 1. The molecule has 0 radical (unpaired) electrons. The van der Waals surface area contributed by atoms with Gasteiger partial charge in [-0.25, -0.2) is 0 Å². The molecule has 0 aromatic rings. The van der Waals surface area contributed by atoms with Crippen LogP contribution in [0.25, 0.3) is 0 Å². The van der Waals surface area contributed by atoms with Crippen LogP contribution in [-0.2, 0) is 4.74 Å². The SMILES string of the molecule is CCCCCCCCCCCCCCCCCCCCCCOCCCCCCCCCCCCCCCCCCCS. The Morgan fingerprint density at radius 3 is 0.651 bits per heavy atom. The van der Waals surface area contributed by atoms with Crippen LogP contribution < -0.4 is 0 Å². The summed E-state index contributed by atoms with van der Waals surface area (Å²) in [5.74, 6) is 1.06. The van der Waals surface area contributed by atoms with E-state index in [1.54, 1.807) is 0 Å². The van der Waals surface area contributed by atoms with Crippen molar-refractivity contribution in [2.75, 3.05) is 19.0 Å². The Hall–Kier alpha value is 0.310. The van der Waals surface area contributed by atoms with Crippen LogP contribution in [0.1, 0.15) is 244 Å². The van der Waals surface area contributed by atoms with E-state index in [0.29, 0.717) is 0 Å². The van der Waals surface area contributed by atoms with Crippen molar-refractivity contribution in [2.45, 2.75) is 244 Å². The maximum Gasteiger partial charge on any atom is 0.0466 e. The van der Waals surface area contributed by atoms with Gasteiger partial charge in [0.1, 0.15) is 0 Å². The van der Waals surface area contributed by atoms with Crippen molar-refractivity contribution in [1.82, 2.24) is 0 Å². The molecule has 0 spiro atoms. The molecule has 2 heteroatoms. The standard InChI is InChI=1S/C41H84OS/c1-2-3-4-5-6-7-8-9-10-11-12-13-15-18-21-24-27-30-33-36-39-42-40-37-34-31-28-25-22-19-16-14-17-20-23-26-29-32-35-38-41-43/h43H,2-41H2,1H3. The molecule has 0 heterocycles. The molecule has 0 aliphatic carbocycles. The molecule has 0 rings (SSSR count). The van der Waals surface area contributed by atoms with Gasteiger partial charge in [0, 0.05) is 13.2 Å².